The molecule has 0 nitrogen and oxygen atoms in total. The number of hydrogen-bond donors (Lipinski definition) is 0. The van der Waals surface area contributed by atoms with Gasteiger partial charge in [-0.2, -0.15) is 0 Å². The van der Waals surface area contributed by atoms with E-state index in [9.17, 15) is 4.39 Å². The van der Waals surface area contributed by atoms with Crippen LogP contribution < -0.4 is 0 Å². The second kappa shape index (κ2) is 3.89. The van der Waals surface area contributed by atoms with Crippen molar-refractivity contribution in [2.45, 2.75) is 31.5 Å². The molecule has 2 unspecified atom stereocenters. The highest BCUT2D eigenvalue weighted by molar-refractivity contribution is 9.09. The summed E-state index contributed by atoms with van der Waals surface area (Å²) in [6.45, 7) is 4.54. The number of benzene rings is 1. The van der Waals surface area contributed by atoms with E-state index in [1.54, 1.807) is 6.07 Å². The van der Waals surface area contributed by atoms with E-state index >= 15 is 0 Å². The van der Waals surface area contributed by atoms with Gasteiger partial charge in [-0.1, -0.05) is 48.0 Å². The highest BCUT2D eigenvalue weighted by Gasteiger charge is 2.49. The van der Waals surface area contributed by atoms with Gasteiger partial charge in [0.15, 0.2) is 0 Å². The molecule has 1 aliphatic rings. The highest BCUT2D eigenvalue weighted by Crippen LogP contribution is 2.55. The van der Waals surface area contributed by atoms with E-state index in [4.69, 9.17) is 0 Å². The van der Waals surface area contributed by atoms with Gasteiger partial charge in [-0.25, -0.2) is 4.39 Å². The average Bonchev–Trinajstić information content (AvgIpc) is 2.79. The Morgan fingerprint density at radius 1 is 1.47 bits per heavy atom. The third-order valence-corrected chi connectivity index (χ3v) is 4.36. The molecule has 0 amide bonds. The molecule has 0 radical (unpaired) electrons. The van der Waals surface area contributed by atoms with Gasteiger partial charge < -0.3 is 0 Å². The molecule has 0 spiro atoms. The Bertz CT molecular complexity index is 359. The van der Waals surface area contributed by atoms with Crippen molar-refractivity contribution >= 4 is 15.9 Å². The first-order chi connectivity index (χ1) is 7.00. The molecule has 2 atom stereocenters. The van der Waals surface area contributed by atoms with E-state index in [0.29, 0.717) is 16.2 Å². The summed E-state index contributed by atoms with van der Waals surface area (Å²) in [5, 5.41) is 0. The van der Waals surface area contributed by atoms with Gasteiger partial charge in [-0.15, -0.1) is 0 Å². The molecule has 0 aromatic heterocycles. The topological polar surface area (TPSA) is 0 Å². The second-order valence-corrected chi connectivity index (χ2v) is 6.29. The summed E-state index contributed by atoms with van der Waals surface area (Å²) in [6.07, 6.45) is 2.04. The fraction of sp³-hybridized carbons (Fsp3) is 0.538. The molecular weight excluding hydrogens is 255 g/mol. The van der Waals surface area contributed by atoms with Crippen molar-refractivity contribution in [3.8, 4) is 0 Å². The third-order valence-electron chi connectivity index (χ3n) is 3.40. The lowest BCUT2D eigenvalue weighted by atomic mass is 10.0. The monoisotopic (exact) mass is 270 g/mol. The summed E-state index contributed by atoms with van der Waals surface area (Å²) >= 11 is 3.68. The molecule has 1 aromatic rings. The number of hydrogen-bond acceptors (Lipinski definition) is 0. The van der Waals surface area contributed by atoms with E-state index in [1.165, 1.54) is 12.5 Å². The van der Waals surface area contributed by atoms with Gasteiger partial charge in [0.05, 0.1) is 0 Å². The lowest BCUT2D eigenvalue weighted by molar-refractivity contribution is 0.537. The lowest BCUT2D eigenvalue weighted by Gasteiger charge is -2.12. The van der Waals surface area contributed by atoms with Crippen LogP contribution in [0, 0.1) is 17.2 Å². The molecule has 1 aromatic carbocycles. The maximum absolute atomic E-state index is 13.4. The van der Waals surface area contributed by atoms with Gasteiger partial charge in [0.1, 0.15) is 5.82 Å². The zero-order valence-electron chi connectivity index (χ0n) is 9.13. The average molecular weight is 271 g/mol. The van der Waals surface area contributed by atoms with Crippen LogP contribution in [0.5, 0.6) is 0 Å². The minimum atomic E-state index is -0.0830. The van der Waals surface area contributed by atoms with E-state index in [2.05, 4.69) is 29.8 Å². The maximum atomic E-state index is 13.4. The molecule has 1 saturated carbocycles. The number of rotatable bonds is 3. The first kappa shape index (κ1) is 11.1. The van der Waals surface area contributed by atoms with Crippen LogP contribution >= 0.6 is 15.9 Å². The van der Waals surface area contributed by atoms with Gasteiger partial charge in [0.2, 0.25) is 0 Å². The summed E-state index contributed by atoms with van der Waals surface area (Å²) in [5.41, 5.74) is 1.27. The van der Waals surface area contributed by atoms with Crippen LogP contribution in [0.1, 0.15) is 25.8 Å². The first-order valence-corrected chi connectivity index (χ1v) is 6.30. The maximum Gasteiger partial charge on any atom is 0.126 e. The zero-order chi connectivity index (χ0) is 11.1. The Morgan fingerprint density at radius 3 is 2.60 bits per heavy atom. The molecule has 2 heteroatoms. The van der Waals surface area contributed by atoms with Crippen LogP contribution in [-0.2, 0) is 6.42 Å². The number of halogens is 2. The Balaban J connectivity index is 2.01. The van der Waals surface area contributed by atoms with E-state index in [0.717, 1.165) is 12.0 Å². The van der Waals surface area contributed by atoms with Gasteiger partial charge >= 0.3 is 0 Å². The van der Waals surface area contributed by atoms with Gasteiger partial charge in [0, 0.05) is 4.83 Å². The summed E-state index contributed by atoms with van der Waals surface area (Å²) in [6, 6.07) is 7.05. The Labute approximate surface area is 99.0 Å². The van der Waals surface area contributed by atoms with Crippen molar-refractivity contribution in [2.24, 2.45) is 11.3 Å². The Kier molecular flexibility index (Phi) is 2.89. The summed E-state index contributed by atoms with van der Waals surface area (Å²) < 4.78 is 13.4. The molecule has 0 N–H and O–H groups in total. The van der Waals surface area contributed by atoms with E-state index < -0.39 is 0 Å². The van der Waals surface area contributed by atoms with Crippen molar-refractivity contribution in [1.29, 1.82) is 0 Å². The predicted molar refractivity (Wildman–Crippen MR) is 64.7 cm³/mol. The standard InChI is InChI=1S/C13H16BrF/c1-13(2)8-10(13)11(14)7-9-5-3-4-6-12(9)15/h3-6,10-11H,7-8H2,1-2H3. The molecule has 1 fully saturated rings. The normalized spacial score (nSPS) is 24.9. The summed E-state index contributed by atoms with van der Waals surface area (Å²) in [7, 11) is 0. The van der Waals surface area contributed by atoms with Gasteiger partial charge in [-0.05, 0) is 35.8 Å². The van der Waals surface area contributed by atoms with Gasteiger partial charge in [-0.3, -0.25) is 0 Å². The van der Waals surface area contributed by atoms with Crippen LogP contribution in [0.3, 0.4) is 0 Å². The van der Waals surface area contributed by atoms with Crippen molar-refractivity contribution in [1.82, 2.24) is 0 Å². The lowest BCUT2D eigenvalue weighted by Crippen LogP contribution is -2.10. The largest absolute Gasteiger partial charge is 0.207 e. The molecule has 15 heavy (non-hydrogen) atoms. The molecule has 82 valence electrons. The van der Waals surface area contributed by atoms with Crippen molar-refractivity contribution in [3.05, 3.63) is 35.6 Å². The molecule has 2 rings (SSSR count). The second-order valence-electron chi connectivity index (χ2n) is 5.11. The van der Waals surface area contributed by atoms with Crippen molar-refractivity contribution in [3.63, 3.8) is 0 Å². The van der Waals surface area contributed by atoms with Crippen LogP contribution in [0.15, 0.2) is 24.3 Å². The Hall–Kier alpha value is -0.370. The van der Waals surface area contributed by atoms with Crippen LogP contribution in [0.25, 0.3) is 0 Å². The van der Waals surface area contributed by atoms with Crippen molar-refractivity contribution < 1.29 is 4.39 Å². The highest BCUT2D eigenvalue weighted by atomic mass is 79.9. The van der Waals surface area contributed by atoms with Crippen molar-refractivity contribution in [2.75, 3.05) is 0 Å². The van der Waals surface area contributed by atoms with Crippen LogP contribution in [-0.4, -0.2) is 4.83 Å². The SMILES string of the molecule is CC1(C)CC1C(Br)Cc1ccccc1F. The Morgan fingerprint density at radius 2 is 2.07 bits per heavy atom. The molecule has 0 aliphatic heterocycles. The smallest absolute Gasteiger partial charge is 0.126 e. The molecule has 0 bridgehead atoms. The van der Waals surface area contributed by atoms with Crippen LogP contribution in [0.2, 0.25) is 0 Å². The minimum absolute atomic E-state index is 0.0830. The fourth-order valence-electron chi connectivity index (χ4n) is 2.14. The zero-order valence-corrected chi connectivity index (χ0v) is 10.7. The van der Waals surface area contributed by atoms with Gasteiger partial charge in [0.25, 0.3) is 0 Å². The summed E-state index contributed by atoms with van der Waals surface area (Å²) in [5.74, 6) is 0.609. The predicted octanol–water partition coefficient (Wildman–Crippen LogP) is 4.18. The van der Waals surface area contributed by atoms with E-state index in [-0.39, 0.29) is 5.82 Å². The molecule has 0 heterocycles. The quantitative estimate of drug-likeness (QED) is 0.723. The first-order valence-electron chi connectivity index (χ1n) is 5.38. The van der Waals surface area contributed by atoms with E-state index in [1.807, 2.05) is 12.1 Å². The fourth-order valence-corrected chi connectivity index (χ4v) is 3.39. The molecule has 0 saturated heterocycles. The molecule has 1 aliphatic carbocycles. The number of alkyl halides is 1. The van der Waals surface area contributed by atoms with Crippen LogP contribution in [0.4, 0.5) is 4.39 Å². The third kappa shape index (κ3) is 2.41. The molecular formula is C13H16BrF. The minimum Gasteiger partial charge on any atom is -0.207 e. The summed E-state index contributed by atoms with van der Waals surface area (Å²) in [4.78, 5) is 0.407.